The van der Waals surface area contributed by atoms with Gasteiger partial charge < -0.3 is 14.7 Å². The van der Waals surface area contributed by atoms with E-state index in [1.807, 2.05) is 4.90 Å². The van der Waals surface area contributed by atoms with Crippen molar-refractivity contribution in [3.05, 3.63) is 22.7 Å². The fourth-order valence-electron chi connectivity index (χ4n) is 2.71. The van der Waals surface area contributed by atoms with Gasteiger partial charge in [0, 0.05) is 24.7 Å². The van der Waals surface area contributed by atoms with Crippen LogP contribution in [-0.2, 0) is 4.74 Å². The van der Waals surface area contributed by atoms with Gasteiger partial charge in [0.2, 0.25) is 0 Å². The van der Waals surface area contributed by atoms with Crippen LogP contribution in [0.15, 0.2) is 22.1 Å². The van der Waals surface area contributed by atoms with E-state index in [4.69, 9.17) is 9.84 Å². The minimum Gasteiger partial charge on any atom is -0.394 e. The zero-order valence-electron chi connectivity index (χ0n) is 14.5. The van der Waals surface area contributed by atoms with Crippen molar-refractivity contribution >= 4 is 12.2 Å². The van der Waals surface area contributed by atoms with Crippen LogP contribution in [0.4, 0.5) is 10.2 Å². The molecule has 1 aromatic rings. The second-order valence-electron chi connectivity index (χ2n) is 6.42. The Balaban J connectivity index is 2.14. The molecule has 1 aliphatic heterocycles. The van der Waals surface area contributed by atoms with E-state index in [0.717, 1.165) is 0 Å². The SMILES string of the molecule is CC(C)N(C=Nc1ccn([C@H]2C[C@H](F)[C@@H](CO)O2)c(=O)n1)C(C)C. The zero-order valence-corrected chi connectivity index (χ0v) is 14.5. The molecular weight excluding hydrogens is 315 g/mol. The van der Waals surface area contributed by atoms with Crippen molar-refractivity contribution in [3.63, 3.8) is 0 Å². The van der Waals surface area contributed by atoms with Crippen LogP contribution in [0.2, 0.25) is 0 Å². The monoisotopic (exact) mass is 340 g/mol. The lowest BCUT2D eigenvalue weighted by molar-refractivity contribution is -0.0355. The highest BCUT2D eigenvalue weighted by Crippen LogP contribution is 2.29. The zero-order chi connectivity index (χ0) is 17.9. The molecule has 1 aliphatic rings. The summed E-state index contributed by atoms with van der Waals surface area (Å²) in [6.07, 6.45) is 0.240. The van der Waals surface area contributed by atoms with Crippen LogP contribution in [0, 0.1) is 0 Å². The fourth-order valence-corrected chi connectivity index (χ4v) is 2.71. The Morgan fingerprint density at radius 1 is 1.50 bits per heavy atom. The fraction of sp³-hybridized carbons (Fsp3) is 0.688. The van der Waals surface area contributed by atoms with E-state index in [2.05, 4.69) is 37.7 Å². The summed E-state index contributed by atoms with van der Waals surface area (Å²) in [7, 11) is 0. The quantitative estimate of drug-likeness (QED) is 0.629. The van der Waals surface area contributed by atoms with Gasteiger partial charge in [-0.05, 0) is 33.8 Å². The van der Waals surface area contributed by atoms with Gasteiger partial charge in [0.05, 0.1) is 12.9 Å². The molecule has 1 aromatic heterocycles. The number of halogens is 1. The van der Waals surface area contributed by atoms with Gasteiger partial charge in [-0.15, -0.1) is 0 Å². The van der Waals surface area contributed by atoms with E-state index in [9.17, 15) is 9.18 Å². The Bertz CT molecular complexity index is 624. The van der Waals surface area contributed by atoms with Crippen molar-refractivity contribution in [2.75, 3.05) is 6.61 Å². The lowest BCUT2D eigenvalue weighted by Gasteiger charge is -2.27. The largest absolute Gasteiger partial charge is 0.394 e. The summed E-state index contributed by atoms with van der Waals surface area (Å²) in [4.78, 5) is 22.3. The van der Waals surface area contributed by atoms with Crippen molar-refractivity contribution in [1.29, 1.82) is 0 Å². The Hall–Kier alpha value is -1.80. The van der Waals surface area contributed by atoms with Crippen LogP contribution in [-0.4, -0.2) is 56.9 Å². The highest BCUT2D eigenvalue weighted by atomic mass is 19.1. The van der Waals surface area contributed by atoms with Crippen LogP contribution in [0.1, 0.15) is 40.3 Å². The number of ether oxygens (including phenoxy) is 1. The molecule has 1 fully saturated rings. The summed E-state index contributed by atoms with van der Waals surface area (Å²) in [6.45, 7) is 7.81. The molecule has 1 saturated heterocycles. The first-order valence-corrected chi connectivity index (χ1v) is 8.14. The van der Waals surface area contributed by atoms with Gasteiger partial charge in [0.25, 0.3) is 0 Å². The molecule has 7 nitrogen and oxygen atoms in total. The van der Waals surface area contributed by atoms with Crippen LogP contribution >= 0.6 is 0 Å². The predicted octanol–water partition coefficient (Wildman–Crippen LogP) is 1.64. The second kappa shape index (κ2) is 7.85. The normalized spacial score (nSPS) is 24.4. The topological polar surface area (TPSA) is 80.0 Å². The molecule has 24 heavy (non-hydrogen) atoms. The summed E-state index contributed by atoms with van der Waals surface area (Å²) in [5.41, 5.74) is -0.555. The third-order valence-electron chi connectivity index (χ3n) is 3.98. The van der Waals surface area contributed by atoms with Gasteiger partial charge in [0.1, 0.15) is 18.5 Å². The van der Waals surface area contributed by atoms with Crippen LogP contribution in [0.5, 0.6) is 0 Å². The van der Waals surface area contributed by atoms with Crippen molar-refractivity contribution in [2.24, 2.45) is 4.99 Å². The van der Waals surface area contributed by atoms with Crippen LogP contribution < -0.4 is 5.69 Å². The smallest absolute Gasteiger partial charge is 0.351 e. The average molecular weight is 340 g/mol. The Morgan fingerprint density at radius 3 is 2.67 bits per heavy atom. The number of hydrogen-bond acceptors (Lipinski definition) is 5. The van der Waals surface area contributed by atoms with E-state index >= 15 is 0 Å². The summed E-state index contributed by atoms with van der Waals surface area (Å²) in [5, 5.41) is 9.03. The van der Waals surface area contributed by atoms with Gasteiger partial charge in [-0.25, -0.2) is 14.2 Å². The molecule has 0 radical (unpaired) electrons. The molecule has 0 spiro atoms. The van der Waals surface area contributed by atoms with Crippen molar-refractivity contribution in [3.8, 4) is 0 Å². The summed E-state index contributed by atoms with van der Waals surface area (Å²) in [6, 6.07) is 2.13. The van der Waals surface area contributed by atoms with Gasteiger partial charge in [-0.2, -0.15) is 4.98 Å². The number of aromatic nitrogens is 2. The van der Waals surface area contributed by atoms with E-state index in [0.29, 0.717) is 0 Å². The summed E-state index contributed by atoms with van der Waals surface area (Å²) in [5.74, 6) is 0.288. The average Bonchev–Trinajstić information content (AvgIpc) is 2.87. The lowest BCUT2D eigenvalue weighted by Crippen LogP contribution is -2.35. The van der Waals surface area contributed by atoms with Crippen LogP contribution in [0.25, 0.3) is 0 Å². The minimum absolute atomic E-state index is 0.0178. The number of aliphatic hydroxyl groups excluding tert-OH is 1. The second-order valence-corrected chi connectivity index (χ2v) is 6.42. The Kier molecular flexibility index (Phi) is 6.06. The van der Waals surface area contributed by atoms with Gasteiger partial charge >= 0.3 is 5.69 Å². The maximum atomic E-state index is 13.6. The molecule has 0 bridgehead atoms. The standard InChI is InChI=1S/C16H25FN4O3/c1-10(2)21(11(3)4)9-18-14-5-6-20(16(23)19-14)15-7-12(17)13(8-22)24-15/h5-6,9-13,15,22H,7-8H2,1-4H3/t12-,13+,15+/m0/s1. The maximum Gasteiger partial charge on any atom is 0.351 e. The number of alkyl halides is 1. The molecule has 0 unspecified atom stereocenters. The number of hydrogen-bond donors (Lipinski definition) is 1. The van der Waals surface area contributed by atoms with E-state index in [-0.39, 0.29) is 24.3 Å². The minimum atomic E-state index is -1.30. The van der Waals surface area contributed by atoms with E-state index in [1.165, 1.54) is 10.8 Å². The molecule has 1 N–H and O–H groups in total. The van der Waals surface area contributed by atoms with Crippen molar-refractivity contribution in [1.82, 2.24) is 14.5 Å². The molecule has 0 amide bonds. The number of nitrogens with zero attached hydrogens (tertiary/aromatic N) is 4. The van der Waals surface area contributed by atoms with Crippen LogP contribution in [0.3, 0.4) is 0 Å². The molecule has 0 saturated carbocycles. The third-order valence-corrected chi connectivity index (χ3v) is 3.98. The van der Waals surface area contributed by atoms with Gasteiger partial charge in [0.15, 0.2) is 5.82 Å². The molecule has 2 heterocycles. The highest BCUT2D eigenvalue weighted by molar-refractivity contribution is 5.60. The Morgan fingerprint density at radius 2 is 2.17 bits per heavy atom. The molecule has 0 aromatic carbocycles. The molecule has 3 atom stereocenters. The first kappa shape index (κ1) is 18.5. The summed E-state index contributed by atoms with van der Waals surface area (Å²) >= 11 is 0. The summed E-state index contributed by atoms with van der Waals surface area (Å²) < 4.78 is 20.2. The van der Waals surface area contributed by atoms with Gasteiger partial charge in [-0.3, -0.25) is 4.57 Å². The number of aliphatic hydroxyl groups is 1. The maximum absolute atomic E-state index is 13.6. The third kappa shape index (κ3) is 4.18. The van der Waals surface area contributed by atoms with Crippen molar-refractivity contribution in [2.45, 2.75) is 64.7 Å². The number of aliphatic imine (C=N–C) groups is 1. The first-order valence-electron chi connectivity index (χ1n) is 8.14. The van der Waals surface area contributed by atoms with Crippen molar-refractivity contribution < 1.29 is 14.2 Å². The molecule has 134 valence electrons. The first-order chi connectivity index (χ1) is 11.3. The van der Waals surface area contributed by atoms with E-state index in [1.54, 1.807) is 12.4 Å². The van der Waals surface area contributed by atoms with Gasteiger partial charge in [-0.1, -0.05) is 0 Å². The molecule has 8 heteroatoms. The lowest BCUT2D eigenvalue weighted by atomic mass is 10.2. The number of rotatable bonds is 6. The molecule has 2 rings (SSSR count). The highest BCUT2D eigenvalue weighted by Gasteiger charge is 2.36. The molecular formula is C16H25FN4O3. The molecule has 0 aliphatic carbocycles. The van der Waals surface area contributed by atoms with E-state index < -0.39 is 30.8 Å². The predicted molar refractivity (Wildman–Crippen MR) is 89.3 cm³/mol. The Labute approximate surface area is 140 Å².